The monoisotopic (exact) mass is 926 g/mol. The first-order chi connectivity index (χ1) is 34.0. The molecule has 12 rings (SSSR count). The maximum atomic E-state index is 7.66. The van der Waals surface area contributed by atoms with Crippen molar-refractivity contribution in [1.29, 1.82) is 0 Å². The number of rotatable bonds is 6. The Labute approximate surface area is 421 Å². The zero-order valence-electron chi connectivity index (χ0n) is 43.1. The maximum Gasteiger partial charge on any atom is 0.297 e. The molecule has 1 aromatic heterocycles. The minimum atomic E-state index is -0.224. The van der Waals surface area contributed by atoms with Crippen molar-refractivity contribution in [1.82, 2.24) is 0 Å². The minimum absolute atomic E-state index is 0.00410. The maximum absolute atomic E-state index is 7.66. The highest BCUT2D eigenvalue weighted by molar-refractivity contribution is 7.00. The molecule has 0 saturated heterocycles. The molecule has 71 heavy (non-hydrogen) atoms. The Morgan fingerprint density at radius 2 is 1.06 bits per heavy atom. The van der Waals surface area contributed by atoms with Gasteiger partial charge < -0.3 is 19.1 Å². The fraction of sp³-hybridized carbons (Fsp3) is 0.242. The van der Waals surface area contributed by atoms with Crippen molar-refractivity contribution in [2.45, 2.75) is 104 Å². The van der Waals surface area contributed by atoms with Gasteiger partial charge in [-0.1, -0.05) is 178 Å². The van der Waals surface area contributed by atoms with Crippen molar-refractivity contribution in [2.24, 2.45) is 0 Å². The van der Waals surface area contributed by atoms with Crippen LogP contribution in [-0.4, -0.2) is 6.71 Å². The van der Waals surface area contributed by atoms with Gasteiger partial charge in [-0.25, -0.2) is 0 Å². The van der Waals surface area contributed by atoms with Crippen molar-refractivity contribution in [3.05, 3.63) is 204 Å². The van der Waals surface area contributed by atoms with Crippen LogP contribution in [0.1, 0.15) is 104 Å². The lowest BCUT2D eigenvalue weighted by molar-refractivity contribution is 0.332. The van der Waals surface area contributed by atoms with E-state index in [9.17, 15) is 0 Å². The average Bonchev–Trinajstić information content (AvgIpc) is 3.73. The Morgan fingerprint density at radius 1 is 0.493 bits per heavy atom. The summed E-state index contributed by atoms with van der Waals surface area (Å²) < 4.78 is 7.66. The van der Waals surface area contributed by atoms with E-state index in [0.717, 1.165) is 75.0 Å². The van der Waals surface area contributed by atoms with Crippen molar-refractivity contribution in [3.8, 4) is 11.1 Å². The molecular formula is C66H64BN3O. The minimum Gasteiger partial charge on any atom is -0.468 e. The molecule has 0 atom stereocenters. The number of nitrogens with zero attached hydrogens (tertiary/aromatic N) is 3. The first kappa shape index (κ1) is 44.9. The summed E-state index contributed by atoms with van der Waals surface area (Å²) in [4.78, 5) is 7.57. The van der Waals surface area contributed by atoms with Gasteiger partial charge >= 0.3 is 0 Å². The lowest BCUT2D eigenvalue weighted by atomic mass is 9.35. The predicted molar refractivity (Wildman–Crippen MR) is 303 cm³/mol. The van der Waals surface area contributed by atoms with E-state index in [0.29, 0.717) is 0 Å². The van der Waals surface area contributed by atoms with Gasteiger partial charge in [-0.15, -0.1) is 0 Å². The summed E-state index contributed by atoms with van der Waals surface area (Å²) in [5.41, 5.74) is 22.1. The summed E-state index contributed by atoms with van der Waals surface area (Å²) >= 11 is 0. The molecule has 0 spiro atoms. The third kappa shape index (κ3) is 7.33. The standard InChI is InChI=1S/C66H64BN3O/c1-63(2,3)45-31-33-48(34-32-45)69-57-39-49(68(46-24-16-12-17-25-46)47-26-18-13-19-27-47)40-58-60(57)67(62-61(69)50-41-52-53(42-59(50)71-62)66(9,10)37-36-65(52,7)8)54-38-44(43-22-14-11-15-23-43)30-35-56(54)70(58)55-29-21-20-28-51(55)64(4,5)6/h11-35,38-42H,36-37H2,1-10H3. The van der Waals surface area contributed by atoms with Crippen molar-refractivity contribution in [3.63, 3.8) is 0 Å². The van der Waals surface area contributed by atoms with Crippen LogP contribution < -0.4 is 31.3 Å². The van der Waals surface area contributed by atoms with Gasteiger partial charge in [-0.05, 0) is 152 Å². The van der Waals surface area contributed by atoms with E-state index in [1.54, 1.807) is 0 Å². The van der Waals surface area contributed by atoms with Gasteiger partial charge in [0.05, 0.1) is 17.0 Å². The molecule has 4 nitrogen and oxygen atoms in total. The Hall–Kier alpha value is -7.24. The highest BCUT2D eigenvalue weighted by Crippen LogP contribution is 2.54. The molecule has 0 radical (unpaired) electrons. The number of fused-ring (bicyclic) bond motifs is 7. The second-order valence-electron chi connectivity index (χ2n) is 23.7. The van der Waals surface area contributed by atoms with E-state index in [-0.39, 0.29) is 28.4 Å². The second-order valence-corrected chi connectivity index (χ2v) is 23.7. The third-order valence-electron chi connectivity index (χ3n) is 16.0. The van der Waals surface area contributed by atoms with Crippen LogP contribution in [0.25, 0.3) is 22.1 Å². The fourth-order valence-corrected chi connectivity index (χ4v) is 12.0. The van der Waals surface area contributed by atoms with Crippen LogP contribution in [0.3, 0.4) is 0 Å². The molecule has 0 unspecified atom stereocenters. The van der Waals surface area contributed by atoms with Gasteiger partial charge in [0.1, 0.15) is 5.58 Å². The van der Waals surface area contributed by atoms with Crippen LogP contribution >= 0.6 is 0 Å². The molecule has 3 heterocycles. The van der Waals surface area contributed by atoms with Crippen LogP contribution in [0.4, 0.5) is 51.2 Å². The van der Waals surface area contributed by atoms with E-state index in [1.807, 2.05) is 0 Å². The molecule has 2 aliphatic heterocycles. The fourth-order valence-electron chi connectivity index (χ4n) is 12.0. The second kappa shape index (κ2) is 16.1. The van der Waals surface area contributed by atoms with Gasteiger partial charge in [0.2, 0.25) is 0 Å². The smallest absolute Gasteiger partial charge is 0.297 e. The van der Waals surface area contributed by atoms with Gasteiger partial charge in [0.15, 0.2) is 0 Å². The first-order valence-electron chi connectivity index (χ1n) is 25.7. The number of hydrogen-bond donors (Lipinski definition) is 0. The normalized spacial score (nSPS) is 15.5. The molecular weight excluding hydrogens is 862 g/mol. The average molecular weight is 926 g/mol. The van der Waals surface area contributed by atoms with Gasteiger partial charge in [-0.3, -0.25) is 0 Å². The number of benzene rings is 8. The number of furan rings is 1. The predicted octanol–water partition coefficient (Wildman–Crippen LogP) is 16.6. The Bertz CT molecular complexity index is 3460. The lowest BCUT2D eigenvalue weighted by Gasteiger charge is -2.44. The first-order valence-corrected chi connectivity index (χ1v) is 25.7. The largest absolute Gasteiger partial charge is 0.468 e. The SMILES string of the molecule is CC(C)(C)c1ccc(N2c3cc(N(c4ccccc4)c4ccccc4)cc4c3B(c3cc(-c5ccccc5)ccc3N4c3ccccc3C(C)(C)C)c3oc4cc5c(cc4c32)C(C)(C)CCC5(C)C)cc1. The van der Waals surface area contributed by atoms with Crippen molar-refractivity contribution >= 4 is 85.5 Å². The van der Waals surface area contributed by atoms with E-state index in [2.05, 4.69) is 266 Å². The molecule has 1 aliphatic carbocycles. The van der Waals surface area contributed by atoms with Gasteiger partial charge in [-0.2, -0.15) is 0 Å². The molecule has 8 aromatic carbocycles. The summed E-state index contributed by atoms with van der Waals surface area (Å²) in [6.07, 6.45) is 2.26. The molecule has 0 bridgehead atoms. The van der Waals surface area contributed by atoms with Gasteiger partial charge in [0.25, 0.3) is 6.71 Å². The summed E-state index contributed by atoms with van der Waals surface area (Å²) in [6, 6.07) is 68.0. The zero-order valence-corrected chi connectivity index (χ0v) is 43.1. The Balaban J connectivity index is 1.25. The molecule has 0 saturated carbocycles. The van der Waals surface area contributed by atoms with Crippen LogP contribution in [0, 0.1) is 0 Å². The molecule has 3 aliphatic rings. The van der Waals surface area contributed by atoms with Crippen LogP contribution in [0.2, 0.25) is 0 Å². The van der Waals surface area contributed by atoms with Crippen molar-refractivity contribution < 1.29 is 4.42 Å². The Kier molecular flexibility index (Phi) is 10.2. The van der Waals surface area contributed by atoms with E-state index in [1.165, 1.54) is 50.0 Å². The topological polar surface area (TPSA) is 22.9 Å². The van der Waals surface area contributed by atoms with Gasteiger partial charge in [0, 0.05) is 45.2 Å². The summed E-state index contributed by atoms with van der Waals surface area (Å²) in [5, 5.41) is 1.16. The highest BCUT2D eigenvalue weighted by atomic mass is 16.3. The third-order valence-corrected chi connectivity index (χ3v) is 16.0. The zero-order chi connectivity index (χ0) is 49.2. The Morgan fingerprint density at radius 3 is 1.66 bits per heavy atom. The highest BCUT2D eigenvalue weighted by Gasteiger charge is 2.49. The van der Waals surface area contributed by atoms with Crippen LogP contribution in [-0.2, 0) is 21.7 Å². The number of para-hydroxylation sites is 3. The summed E-state index contributed by atoms with van der Waals surface area (Å²) in [6.45, 7) is 23.4. The molecule has 9 aromatic rings. The van der Waals surface area contributed by atoms with E-state index >= 15 is 0 Å². The molecule has 5 heteroatoms. The molecule has 0 fully saturated rings. The number of anilines is 9. The van der Waals surface area contributed by atoms with Crippen LogP contribution in [0.5, 0.6) is 0 Å². The molecule has 352 valence electrons. The molecule has 0 N–H and O–H groups in total. The quantitative estimate of drug-likeness (QED) is 0.155. The van der Waals surface area contributed by atoms with E-state index < -0.39 is 0 Å². The van der Waals surface area contributed by atoms with E-state index in [4.69, 9.17) is 4.42 Å². The molecule has 0 amide bonds. The van der Waals surface area contributed by atoms with Crippen LogP contribution in [0.15, 0.2) is 186 Å². The van der Waals surface area contributed by atoms with Crippen molar-refractivity contribution in [2.75, 3.05) is 14.7 Å². The summed E-state index contributed by atoms with van der Waals surface area (Å²) in [5.74, 6) is 0. The number of hydrogen-bond acceptors (Lipinski definition) is 4. The summed E-state index contributed by atoms with van der Waals surface area (Å²) in [7, 11) is 0. The lowest BCUT2D eigenvalue weighted by Crippen LogP contribution is -2.61.